The fourth-order valence-corrected chi connectivity index (χ4v) is 2.45. The molecule has 0 aliphatic rings. The summed E-state index contributed by atoms with van der Waals surface area (Å²) in [6.45, 7) is 6.12. The van der Waals surface area contributed by atoms with Gasteiger partial charge in [0.15, 0.2) is 0 Å². The van der Waals surface area contributed by atoms with E-state index in [1.54, 1.807) is 19.3 Å². The summed E-state index contributed by atoms with van der Waals surface area (Å²) in [4.78, 5) is 12.1. The Morgan fingerprint density at radius 1 is 1.13 bits per heavy atom. The highest BCUT2D eigenvalue weighted by Gasteiger charge is 2.10. The molecule has 0 radical (unpaired) electrons. The summed E-state index contributed by atoms with van der Waals surface area (Å²) in [5.74, 6) is 0.698. The van der Waals surface area contributed by atoms with E-state index in [4.69, 9.17) is 4.74 Å². The van der Waals surface area contributed by atoms with Gasteiger partial charge in [-0.25, -0.2) is 0 Å². The maximum atomic E-state index is 12.1. The van der Waals surface area contributed by atoms with Gasteiger partial charge in [-0.05, 0) is 55.7 Å². The molecule has 0 aliphatic carbocycles. The number of rotatable bonds is 5. The van der Waals surface area contributed by atoms with Crippen molar-refractivity contribution in [1.82, 2.24) is 5.32 Å². The molecular weight excluding hydrogens is 286 g/mol. The van der Waals surface area contributed by atoms with Gasteiger partial charge in [-0.1, -0.05) is 35.9 Å². The van der Waals surface area contributed by atoms with Crippen molar-refractivity contribution in [2.45, 2.75) is 26.8 Å². The van der Waals surface area contributed by atoms with E-state index in [0.29, 0.717) is 0 Å². The van der Waals surface area contributed by atoms with Gasteiger partial charge in [0.25, 0.3) is 0 Å². The standard InChI is InChI=1S/C20H23NO2/c1-14-5-6-15(2)19(13-14)16(3)21-20(22)12-9-17-7-10-18(23-4)11-8-17/h5-13,16H,1-4H3,(H,21,22)/b12-9+/t16-/m1/s1. The lowest BCUT2D eigenvalue weighted by Gasteiger charge is -2.16. The first kappa shape index (κ1) is 16.8. The molecule has 2 aromatic carbocycles. The molecule has 0 saturated heterocycles. The summed E-state index contributed by atoms with van der Waals surface area (Å²) in [6.07, 6.45) is 3.36. The van der Waals surface area contributed by atoms with E-state index >= 15 is 0 Å². The molecule has 0 aliphatic heterocycles. The minimum Gasteiger partial charge on any atom is -0.497 e. The Balaban J connectivity index is 2.00. The van der Waals surface area contributed by atoms with Crippen LogP contribution in [0.1, 0.15) is 35.2 Å². The van der Waals surface area contributed by atoms with Gasteiger partial charge in [0.1, 0.15) is 5.75 Å². The lowest BCUT2D eigenvalue weighted by Crippen LogP contribution is -2.25. The Hall–Kier alpha value is -2.55. The van der Waals surface area contributed by atoms with Crippen LogP contribution in [0.2, 0.25) is 0 Å². The molecule has 0 saturated carbocycles. The van der Waals surface area contributed by atoms with Gasteiger partial charge in [-0.15, -0.1) is 0 Å². The molecule has 0 spiro atoms. The zero-order chi connectivity index (χ0) is 16.8. The topological polar surface area (TPSA) is 38.3 Å². The van der Waals surface area contributed by atoms with Crippen LogP contribution in [0.25, 0.3) is 6.08 Å². The monoisotopic (exact) mass is 309 g/mol. The van der Waals surface area contributed by atoms with Crippen molar-refractivity contribution in [3.63, 3.8) is 0 Å². The fourth-order valence-electron chi connectivity index (χ4n) is 2.45. The van der Waals surface area contributed by atoms with Crippen molar-refractivity contribution in [3.05, 3.63) is 70.8 Å². The Labute approximate surface area is 138 Å². The summed E-state index contributed by atoms with van der Waals surface area (Å²) in [5.41, 5.74) is 4.49. The highest BCUT2D eigenvalue weighted by molar-refractivity contribution is 5.92. The number of nitrogens with one attached hydrogen (secondary N) is 1. The summed E-state index contributed by atoms with van der Waals surface area (Å²) in [5, 5.41) is 3.01. The maximum absolute atomic E-state index is 12.1. The smallest absolute Gasteiger partial charge is 0.244 e. The number of carbonyl (C=O) groups is 1. The van der Waals surface area contributed by atoms with E-state index in [1.807, 2.05) is 31.2 Å². The molecule has 3 heteroatoms. The zero-order valence-electron chi connectivity index (χ0n) is 14.1. The highest BCUT2D eigenvalue weighted by atomic mass is 16.5. The number of amides is 1. The minimum absolute atomic E-state index is 0.0251. The number of hydrogen-bond donors (Lipinski definition) is 1. The number of methoxy groups -OCH3 is 1. The predicted molar refractivity (Wildman–Crippen MR) is 94.5 cm³/mol. The van der Waals surface area contributed by atoms with E-state index in [9.17, 15) is 4.79 Å². The molecule has 0 bridgehead atoms. The van der Waals surface area contributed by atoms with E-state index in [1.165, 1.54) is 11.1 Å². The summed E-state index contributed by atoms with van der Waals surface area (Å²) in [7, 11) is 1.63. The van der Waals surface area contributed by atoms with Crippen molar-refractivity contribution in [2.24, 2.45) is 0 Å². The van der Waals surface area contributed by atoms with Crippen LogP contribution >= 0.6 is 0 Å². The first-order chi connectivity index (χ1) is 11.0. The summed E-state index contributed by atoms with van der Waals surface area (Å²) in [6, 6.07) is 13.8. The Kier molecular flexibility index (Phi) is 5.58. The second-order valence-corrected chi connectivity index (χ2v) is 5.70. The van der Waals surface area contributed by atoms with Gasteiger partial charge in [0.05, 0.1) is 13.2 Å². The van der Waals surface area contributed by atoms with Crippen LogP contribution < -0.4 is 10.1 Å². The molecule has 1 atom stereocenters. The third-order valence-electron chi connectivity index (χ3n) is 3.80. The van der Waals surface area contributed by atoms with Crippen LogP contribution in [-0.4, -0.2) is 13.0 Å². The molecule has 1 amide bonds. The van der Waals surface area contributed by atoms with Crippen molar-refractivity contribution in [3.8, 4) is 5.75 Å². The average molecular weight is 309 g/mol. The van der Waals surface area contributed by atoms with Crippen LogP contribution in [0.5, 0.6) is 5.75 Å². The number of benzene rings is 2. The molecule has 0 unspecified atom stereocenters. The molecule has 0 heterocycles. The Morgan fingerprint density at radius 3 is 2.48 bits per heavy atom. The quantitative estimate of drug-likeness (QED) is 0.841. The van der Waals surface area contributed by atoms with Crippen LogP contribution in [0.4, 0.5) is 0 Å². The fraction of sp³-hybridized carbons (Fsp3) is 0.250. The molecule has 1 N–H and O–H groups in total. The molecule has 120 valence electrons. The van der Waals surface area contributed by atoms with Gasteiger partial charge in [-0.2, -0.15) is 0 Å². The largest absolute Gasteiger partial charge is 0.497 e. The van der Waals surface area contributed by atoms with Crippen LogP contribution in [0, 0.1) is 13.8 Å². The molecule has 2 rings (SSSR count). The van der Waals surface area contributed by atoms with Crippen molar-refractivity contribution in [1.29, 1.82) is 0 Å². The molecule has 23 heavy (non-hydrogen) atoms. The highest BCUT2D eigenvalue weighted by Crippen LogP contribution is 2.19. The van der Waals surface area contributed by atoms with E-state index < -0.39 is 0 Å². The van der Waals surface area contributed by atoms with Crippen LogP contribution in [0.15, 0.2) is 48.5 Å². The van der Waals surface area contributed by atoms with Gasteiger partial charge < -0.3 is 10.1 Å². The molecular formula is C20H23NO2. The Bertz CT molecular complexity index is 702. The minimum atomic E-state index is -0.103. The van der Waals surface area contributed by atoms with Crippen LogP contribution in [0.3, 0.4) is 0 Å². The molecule has 0 aromatic heterocycles. The van der Waals surface area contributed by atoms with Crippen molar-refractivity contribution >= 4 is 12.0 Å². The van der Waals surface area contributed by atoms with Gasteiger partial charge in [0, 0.05) is 6.08 Å². The first-order valence-corrected chi connectivity index (χ1v) is 7.69. The summed E-state index contributed by atoms with van der Waals surface area (Å²) < 4.78 is 5.11. The Morgan fingerprint density at radius 2 is 1.83 bits per heavy atom. The number of carbonyl (C=O) groups excluding carboxylic acids is 1. The number of aryl methyl sites for hydroxylation is 2. The van der Waals surface area contributed by atoms with E-state index in [0.717, 1.165) is 16.9 Å². The van der Waals surface area contributed by atoms with E-state index in [2.05, 4.69) is 37.4 Å². The normalized spacial score (nSPS) is 12.2. The number of ether oxygens (including phenoxy) is 1. The molecule has 3 nitrogen and oxygen atoms in total. The average Bonchev–Trinajstić information content (AvgIpc) is 2.55. The van der Waals surface area contributed by atoms with Gasteiger partial charge >= 0.3 is 0 Å². The predicted octanol–water partition coefficient (Wildman–Crippen LogP) is 4.20. The van der Waals surface area contributed by atoms with Crippen LogP contribution in [-0.2, 0) is 4.79 Å². The summed E-state index contributed by atoms with van der Waals surface area (Å²) >= 11 is 0. The van der Waals surface area contributed by atoms with Crippen molar-refractivity contribution in [2.75, 3.05) is 7.11 Å². The lowest BCUT2D eigenvalue weighted by molar-refractivity contribution is -0.117. The molecule has 0 fully saturated rings. The maximum Gasteiger partial charge on any atom is 0.244 e. The SMILES string of the molecule is COc1ccc(/C=C/C(=O)N[C@H](C)c2cc(C)ccc2C)cc1. The zero-order valence-corrected chi connectivity index (χ0v) is 14.1. The third kappa shape index (κ3) is 4.71. The molecule has 2 aromatic rings. The van der Waals surface area contributed by atoms with E-state index in [-0.39, 0.29) is 11.9 Å². The first-order valence-electron chi connectivity index (χ1n) is 7.69. The second kappa shape index (κ2) is 7.63. The van der Waals surface area contributed by atoms with Gasteiger partial charge in [-0.3, -0.25) is 4.79 Å². The lowest BCUT2D eigenvalue weighted by atomic mass is 10.00. The number of hydrogen-bond acceptors (Lipinski definition) is 2. The third-order valence-corrected chi connectivity index (χ3v) is 3.80. The second-order valence-electron chi connectivity index (χ2n) is 5.70. The van der Waals surface area contributed by atoms with Gasteiger partial charge in [0.2, 0.25) is 5.91 Å². The van der Waals surface area contributed by atoms with Crippen molar-refractivity contribution < 1.29 is 9.53 Å².